The lowest BCUT2D eigenvalue weighted by molar-refractivity contribution is 0.414. The molecule has 0 spiro atoms. The molecule has 0 saturated carbocycles. The van der Waals surface area contributed by atoms with Crippen molar-refractivity contribution in [1.82, 2.24) is 0 Å². The molecule has 2 rings (SSSR count). The van der Waals surface area contributed by atoms with Crippen molar-refractivity contribution in [3.8, 4) is 11.5 Å². The third-order valence-electron chi connectivity index (χ3n) is 2.43. The number of ether oxygens (including phenoxy) is 1. The molecule has 16 heavy (non-hydrogen) atoms. The summed E-state index contributed by atoms with van der Waals surface area (Å²) in [5, 5.41) is 9.68. The van der Waals surface area contributed by atoms with Crippen LogP contribution in [0.25, 0.3) is 0 Å². The van der Waals surface area contributed by atoms with Crippen LogP contribution in [-0.2, 0) is 6.42 Å². The van der Waals surface area contributed by atoms with E-state index < -0.39 is 0 Å². The van der Waals surface area contributed by atoms with Crippen LogP contribution in [0.2, 0.25) is 0 Å². The molecule has 0 unspecified atom stereocenters. The number of aryl methyl sites for hydroxylation is 1. The van der Waals surface area contributed by atoms with E-state index in [0.717, 1.165) is 21.9 Å². The molecule has 0 fully saturated rings. The Morgan fingerprint density at radius 2 is 1.94 bits per heavy atom. The zero-order chi connectivity index (χ0) is 11.5. The van der Waals surface area contributed by atoms with E-state index in [2.05, 4.69) is 0 Å². The molecule has 2 nitrogen and oxygen atoms in total. The second-order valence-electron chi connectivity index (χ2n) is 3.69. The number of hydrogen-bond donors (Lipinski definition) is 1. The van der Waals surface area contributed by atoms with Gasteiger partial charge in [-0.1, -0.05) is 12.1 Å². The van der Waals surface area contributed by atoms with Crippen LogP contribution in [0.3, 0.4) is 0 Å². The first-order valence-electron chi connectivity index (χ1n) is 5.10. The molecule has 0 saturated heterocycles. The van der Waals surface area contributed by atoms with Gasteiger partial charge in [0.1, 0.15) is 11.5 Å². The predicted octanol–water partition coefficient (Wildman–Crippen LogP) is 3.36. The van der Waals surface area contributed by atoms with Gasteiger partial charge in [-0.05, 0) is 30.7 Å². The Morgan fingerprint density at radius 1 is 1.25 bits per heavy atom. The summed E-state index contributed by atoms with van der Waals surface area (Å²) in [6, 6.07) is 9.73. The van der Waals surface area contributed by atoms with Crippen molar-refractivity contribution in [2.24, 2.45) is 0 Å². The maximum absolute atomic E-state index is 9.68. The molecule has 1 N–H and O–H groups in total. The lowest BCUT2D eigenvalue weighted by atomic mass is 10.1. The fourth-order valence-corrected chi connectivity index (χ4v) is 2.57. The number of aromatic hydroxyl groups is 1. The number of benzene rings is 1. The molecular formula is C13H14O2S. The Bertz CT molecular complexity index is 471. The van der Waals surface area contributed by atoms with Crippen LogP contribution in [0.5, 0.6) is 11.5 Å². The van der Waals surface area contributed by atoms with Crippen LogP contribution in [-0.4, -0.2) is 12.2 Å². The molecule has 3 heteroatoms. The number of methoxy groups -OCH3 is 1. The summed E-state index contributed by atoms with van der Waals surface area (Å²) in [5.74, 6) is 1.26. The summed E-state index contributed by atoms with van der Waals surface area (Å²) in [5.41, 5.74) is 1.18. The van der Waals surface area contributed by atoms with Crippen molar-refractivity contribution < 1.29 is 9.84 Å². The van der Waals surface area contributed by atoms with Gasteiger partial charge in [-0.25, -0.2) is 0 Å². The van der Waals surface area contributed by atoms with Crippen LogP contribution in [0.4, 0.5) is 0 Å². The van der Waals surface area contributed by atoms with E-state index in [1.165, 1.54) is 5.56 Å². The lowest BCUT2D eigenvalue weighted by Crippen LogP contribution is -1.86. The number of rotatable bonds is 3. The lowest BCUT2D eigenvalue weighted by Gasteiger charge is -2.02. The second kappa shape index (κ2) is 4.58. The molecule has 2 aromatic rings. The quantitative estimate of drug-likeness (QED) is 0.882. The Morgan fingerprint density at radius 3 is 2.44 bits per heavy atom. The van der Waals surface area contributed by atoms with Crippen molar-refractivity contribution in [3.05, 3.63) is 45.6 Å². The van der Waals surface area contributed by atoms with E-state index in [1.807, 2.05) is 37.3 Å². The highest BCUT2D eigenvalue weighted by atomic mass is 32.1. The zero-order valence-electron chi connectivity index (χ0n) is 9.36. The standard InChI is InChI=1S/C13H14O2S/c1-9-7-12(14)13(16-9)8-10-3-5-11(15-2)6-4-10/h3-7,14H,8H2,1-2H3. The van der Waals surface area contributed by atoms with E-state index in [0.29, 0.717) is 5.75 Å². The second-order valence-corrected chi connectivity index (χ2v) is 5.03. The van der Waals surface area contributed by atoms with E-state index in [9.17, 15) is 5.11 Å². The van der Waals surface area contributed by atoms with Crippen LogP contribution in [0.15, 0.2) is 30.3 Å². The smallest absolute Gasteiger partial charge is 0.130 e. The number of thiophene rings is 1. The molecular weight excluding hydrogens is 220 g/mol. The van der Waals surface area contributed by atoms with Gasteiger partial charge < -0.3 is 9.84 Å². The van der Waals surface area contributed by atoms with Gasteiger partial charge in [0.05, 0.1) is 12.0 Å². The Balaban J connectivity index is 2.17. The van der Waals surface area contributed by atoms with Gasteiger partial charge in [-0.15, -0.1) is 11.3 Å². The average molecular weight is 234 g/mol. The topological polar surface area (TPSA) is 29.5 Å². The summed E-state index contributed by atoms with van der Waals surface area (Å²) >= 11 is 1.64. The first kappa shape index (κ1) is 11.0. The molecule has 0 amide bonds. The summed E-state index contributed by atoms with van der Waals surface area (Å²) in [7, 11) is 1.66. The van der Waals surface area contributed by atoms with Gasteiger partial charge in [0.2, 0.25) is 0 Å². The van der Waals surface area contributed by atoms with Crippen molar-refractivity contribution in [3.63, 3.8) is 0 Å². The molecule has 0 aliphatic rings. The maximum atomic E-state index is 9.68. The Kier molecular flexibility index (Phi) is 3.15. The van der Waals surface area contributed by atoms with Gasteiger partial charge in [0.15, 0.2) is 0 Å². The van der Waals surface area contributed by atoms with E-state index in [1.54, 1.807) is 18.4 Å². The molecule has 1 aromatic heterocycles. The minimum absolute atomic E-state index is 0.401. The molecule has 1 aromatic carbocycles. The summed E-state index contributed by atoms with van der Waals surface area (Å²) in [6.07, 6.45) is 0.772. The third-order valence-corrected chi connectivity index (χ3v) is 3.47. The van der Waals surface area contributed by atoms with Crippen LogP contribution in [0, 0.1) is 6.92 Å². The molecule has 0 aliphatic heterocycles. The van der Waals surface area contributed by atoms with Crippen LogP contribution in [0.1, 0.15) is 15.3 Å². The SMILES string of the molecule is COc1ccc(Cc2sc(C)cc2O)cc1. The van der Waals surface area contributed by atoms with Gasteiger partial charge >= 0.3 is 0 Å². The molecule has 0 atom stereocenters. The molecule has 1 heterocycles. The zero-order valence-corrected chi connectivity index (χ0v) is 10.2. The monoisotopic (exact) mass is 234 g/mol. The van der Waals surface area contributed by atoms with Gasteiger partial charge in [0, 0.05) is 11.3 Å². The first-order valence-corrected chi connectivity index (χ1v) is 5.92. The fraction of sp³-hybridized carbons (Fsp3) is 0.231. The maximum Gasteiger partial charge on any atom is 0.130 e. The highest BCUT2D eigenvalue weighted by molar-refractivity contribution is 7.12. The molecule has 0 radical (unpaired) electrons. The molecule has 0 bridgehead atoms. The minimum atomic E-state index is 0.401. The largest absolute Gasteiger partial charge is 0.507 e. The Hall–Kier alpha value is -1.48. The highest BCUT2D eigenvalue weighted by Crippen LogP contribution is 2.30. The predicted molar refractivity (Wildman–Crippen MR) is 66.5 cm³/mol. The van der Waals surface area contributed by atoms with E-state index in [-0.39, 0.29) is 0 Å². The summed E-state index contributed by atoms with van der Waals surface area (Å²) in [6.45, 7) is 2.00. The van der Waals surface area contributed by atoms with E-state index >= 15 is 0 Å². The Labute approximate surface area is 99.1 Å². The molecule has 0 aliphatic carbocycles. The summed E-state index contributed by atoms with van der Waals surface area (Å²) in [4.78, 5) is 2.16. The van der Waals surface area contributed by atoms with Gasteiger partial charge in [-0.2, -0.15) is 0 Å². The first-order chi connectivity index (χ1) is 7.69. The minimum Gasteiger partial charge on any atom is -0.507 e. The van der Waals surface area contributed by atoms with Crippen molar-refractivity contribution in [1.29, 1.82) is 0 Å². The van der Waals surface area contributed by atoms with Gasteiger partial charge in [-0.3, -0.25) is 0 Å². The fourth-order valence-electron chi connectivity index (χ4n) is 1.60. The van der Waals surface area contributed by atoms with Crippen LogP contribution < -0.4 is 4.74 Å². The van der Waals surface area contributed by atoms with Crippen LogP contribution >= 0.6 is 11.3 Å². The van der Waals surface area contributed by atoms with Crippen molar-refractivity contribution in [2.45, 2.75) is 13.3 Å². The third kappa shape index (κ3) is 2.36. The highest BCUT2D eigenvalue weighted by Gasteiger charge is 2.06. The molecule has 84 valence electrons. The van der Waals surface area contributed by atoms with Crippen molar-refractivity contribution >= 4 is 11.3 Å². The normalized spacial score (nSPS) is 10.4. The average Bonchev–Trinajstić information content (AvgIpc) is 2.59. The van der Waals surface area contributed by atoms with Crippen molar-refractivity contribution in [2.75, 3.05) is 7.11 Å². The van der Waals surface area contributed by atoms with Gasteiger partial charge in [0.25, 0.3) is 0 Å². The number of hydrogen-bond acceptors (Lipinski definition) is 3. The summed E-state index contributed by atoms with van der Waals surface area (Å²) < 4.78 is 5.10. The van der Waals surface area contributed by atoms with E-state index in [4.69, 9.17) is 4.74 Å².